The number of carbonyl (C=O) groups excluding carboxylic acids is 3. The van der Waals surface area contributed by atoms with Crippen LogP contribution < -0.4 is 0 Å². The van der Waals surface area contributed by atoms with Crippen LogP contribution in [0.4, 0.5) is 0 Å². The van der Waals surface area contributed by atoms with Crippen molar-refractivity contribution in [3.63, 3.8) is 0 Å². The highest BCUT2D eigenvalue weighted by Gasteiger charge is 2.50. The summed E-state index contributed by atoms with van der Waals surface area (Å²) in [6, 6.07) is 0. The molecule has 0 spiro atoms. The normalized spacial score (nSPS) is 18.1. The summed E-state index contributed by atoms with van der Waals surface area (Å²) in [6.07, 6.45) is 54.9. The number of hydrogen-bond donors (Lipinski definition) is 3. The molecule has 6 atom stereocenters. The van der Waals surface area contributed by atoms with Crippen molar-refractivity contribution in [2.45, 2.75) is 340 Å². The monoisotopic (exact) mass is 1110 g/mol. The first-order valence-corrected chi connectivity index (χ1v) is 32.6. The first-order chi connectivity index (χ1) is 38.6. The minimum absolute atomic E-state index is 0.0627. The number of esters is 3. The lowest BCUT2D eigenvalue weighted by atomic mass is 9.98. The maximum atomic E-state index is 13.2. The zero-order valence-corrected chi connectivity index (χ0v) is 50.6. The Bertz CT molecular complexity index is 1560. The van der Waals surface area contributed by atoms with Gasteiger partial charge in [-0.05, 0) is 83.5 Å². The number of aliphatic hydroxyl groups excluding tert-OH is 2. The third-order valence-electron chi connectivity index (χ3n) is 14.9. The van der Waals surface area contributed by atoms with Crippen LogP contribution in [0.25, 0.3) is 0 Å². The van der Waals surface area contributed by atoms with E-state index in [0.29, 0.717) is 19.3 Å². The number of aliphatic carboxylic acids is 1. The summed E-state index contributed by atoms with van der Waals surface area (Å²) in [5.41, 5.74) is 0. The molecule has 6 unspecified atom stereocenters. The Morgan fingerprint density at radius 1 is 0.418 bits per heavy atom. The van der Waals surface area contributed by atoms with E-state index in [2.05, 4.69) is 69.4 Å². The first kappa shape index (κ1) is 73.7. The fourth-order valence-corrected chi connectivity index (χ4v) is 9.84. The van der Waals surface area contributed by atoms with Crippen LogP contribution in [0.15, 0.2) is 48.6 Å². The van der Waals surface area contributed by atoms with E-state index in [1.807, 2.05) is 0 Å². The maximum absolute atomic E-state index is 13.2. The number of carbonyl (C=O) groups is 4. The van der Waals surface area contributed by atoms with Crippen LogP contribution in [0.5, 0.6) is 0 Å². The summed E-state index contributed by atoms with van der Waals surface area (Å²) in [4.78, 5) is 51.3. The Hall–Kier alpha value is -3.32. The van der Waals surface area contributed by atoms with E-state index in [9.17, 15) is 34.5 Å². The molecule has 0 amide bonds. The minimum Gasteiger partial charge on any atom is -0.479 e. The van der Waals surface area contributed by atoms with Gasteiger partial charge in [0.25, 0.3) is 0 Å². The minimum atomic E-state index is -1.90. The van der Waals surface area contributed by atoms with Crippen LogP contribution in [0.3, 0.4) is 0 Å². The summed E-state index contributed by atoms with van der Waals surface area (Å²) < 4.78 is 28.5. The molecule has 0 aromatic heterocycles. The number of unbranched alkanes of at least 4 members (excludes halogenated alkanes) is 34. The average Bonchev–Trinajstić information content (AvgIpc) is 3.44. The van der Waals surface area contributed by atoms with E-state index < -0.39 is 67.3 Å². The molecule has 0 radical (unpaired) electrons. The van der Waals surface area contributed by atoms with Crippen LogP contribution in [0.1, 0.15) is 303 Å². The van der Waals surface area contributed by atoms with Crippen LogP contribution in [0, 0.1) is 0 Å². The Balaban J connectivity index is 2.66. The van der Waals surface area contributed by atoms with Gasteiger partial charge in [0.2, 0.25) is 0 Å². The van der Waals surface area contributed by atoms with Gasteiger partial charge in [0.1, 0.15) is 18.8 Å². The second-order valence-electron chi connectivity index (χ2n) is 22.4. The van der Waals surface area contributed by atoms with Crippen molar-refractivity contribution >= 4 is 23.9 Å². The topological polar surface area (TPSA) is 175 Å². The van der Waals surface area contributed by atoms with E-state index in [0.717, 1.165) is 109 Å². The van der Waals surface area contributed by atoms with E-state index in [4.69, 9.17) is 23.7 Å². The molecule has 0 aromatic carbocycles. The number of carboxylic acids is 1. The van der Waals surface area contributed by atoms with Crippen molar-refractivity contribution < 1.29 is 58.2 Å². The van der Waals surface area contributed by atoms with Crippen molar-refractivity contribution in [1.29, 1.82) is 0 Å². The van der Waals surface area contributed by atoms with Crippen molar-refractivity contribution in [3.05, 3.63) is 48.6 Å². The van der Waals surface area contributed by atoms with Gasteiger partial charge in [-0.15, -0.1) is 0 Å². The fraction of sp³-hybridized carbons (Fsp3) is 0.821. The zero-order chi connectivity index (χ0) is 57.5. The molecule has 0 saturated carbocycles. The van der Waals surface area contributed by atoms with Gasteiger partial charge in [0.05, 0.1) is 6.61 Å². The van der Waals surface area contributed by atoms with Crippen molar-refractivity contribution in [2.75, 3.05) is 13.2 Å². The quantitative estimate of drug-likeness (QED) is 0.0228. The number of allylic oxidation sites excluding steroid dienone is 8. The van der Waals surface area contributed by atoms with Crippen molar-refractivity contribution in [2.24, 2.45) is 0 Å². The molecule has 1 aliphatic rings. The molecule has 3 N–H and O–H groups in total. The Labute approximate surface area is 482 Å². The lowest BCUT2D eigenvalue weighted by molar-refractivity contribution is -0.301. The second-order valence-corrected chi connectivity index (χ2v) is 22.4. The van der Waals surface area contributed by atoms with Gasteiger partial charge in [0.15, 0.2) is 24.6 Å². The van der Waals surface area contributed by atoms with E-state index in [1.165, 1.54) is 135 Å². The SMILES string of the molecule is CCCCC/C=C\C/C=C\C/C=C\CCCCCCCCC(=O)OCC(COC1OC(C(=O)O)C(O)C(O)C1OC(=O)CCCCCCCCCCCCCCC)OC(=O)CCCCCCCCC/C=C\CCCCCCCC. The number of rotatable bonds is 56. The van der Waals surface area contributed by atoms with Gasteiger partial charge < -0.3 is 39.0 Å². The van der Waals surface area contributed by atoms with Gasteiger partial charge in [-0.3, -0.25) is 14.4 Å². The largest absolute Gasteiger partial charge is 0.479 e. The summed E-state index contributed by atoms with van der Waals surface area (Å²) in [6.45, 7) is 5.98. The third kappa shape index (κ3) is 45.0. The van der Waals surface area contributed by atoms with E-state index >= 15 is 0 Å². The summed E-state index contributed by atoms with van der Waals surface area (Å²) in [7, 11) is 0. The molecule has 12 heteroatoms. The van der Waals surface area contributed by atoms with Crippen molar-refractivity contribution in [1.82, 2.24) is 0 Å². The van der Waals surface area contributed by atoms with Crippen LogP contribution >= 0.6 is 0 Å². The molecule has 1 fully saturated rings. The highest BCUT2D eigenvalue weighted by atomic mass is 16.7. The molecular formula is C67H118O12. The molecule has 1 heterocycles. The summed E-state index contributed by atoms with van der Waals surface area (Å²) >= 11 is 0. The lowest BCUT2D eigenvalue weighted by Crippen LogP contribution is -2.61. The van der Waals surface area contributed by atoms with Crippen molar-refractivity contribution in [3.8, 4) is 0 Å². The van der Waals surface area contributed by atoms with Gasteiger partial charge in [-0.2, -0.15) is 0 Å². The van der Waals surface area contributed by atoms with Crippen LogP contribution in [-0.2, 0) is 42.9 Å². The van der Waals surface area contributed by atoms with Gasteiger partial charge >= 0.3 is 23.9 Å². The molecule has 0 bridgehead atoms. The molecule has 1 aliphatic heterocycles. The summed E-state index contributed by atoms with van der Waals surface area (Å²) in [5, 5.41) is 31.6. The Morgan fingerprint density at radius 3 is 1.19 bits per heavy atom. The second kappa shape index (κ2) is 55.2. The number of ether oxygens (including phenoxy) is 5. The van der Waals surface area contributed by atoms with Crippen LogP contribution in [0.2, 0.25) is 0 Å². The third-order valence-corrected chi connectivity index (χ3v) is 14.9. The van der Waals surface area contributed by atoms with Gasteiger partial charge in [-0.1, -0.05) is 249 Å². The maximum Gasteiger partial charge on any atom is 0.335 e. The molecular weight excluding hydrogens is 997 g/mol. The smallest absolute Gasteiger partial charge is 0.335 e. The number of carboxylic acid groups (broad SMARTS) is 1. The molecule has 0 aromatic rings. The highest BCUT2D eigenvalue weighted by Crippen LogP contribution is 2.27. The lowest BCUT2D eigenvalue weighted by Gasteiger charge is -2.40. The Morgan fingerprint density at radius 2 is 0.759 bits per heavy atom. The van der Waals surface area contributed by atoms with Gasteiger partial charge in [0, 0.05) is 19.3 Å². The summed E-state index contributed by atoms with van der Waals surface area (Å²) in [5.74, 6) is -3.11. The van der Waals surface area contributed by atoms with E-state index in [1.54, 1.807) is 0 Å². The molecule has 1 saturated heterocycles. The first-order valence-electron chi connectivity index (χ1n) is 32.6. The molecule has 1 rings (SSSR count). The van der Waals surface area contributed by atoms with Gasteiger partial charge in [-0.25, -0.2) is 4.79 Å². The number of hydrogen-bond acceptors (Lipinski definition) is 11. The average molecular weight is 1120 g/mol. The molecule has 458 valence electrons. The highest BCUT2D eigenvalue weighted by molar-refractivity contribution is 5.74. The molecule has 79 heavy (non-hydrogen) atoms. The Kier molecular flexibility index (Phi) is 51.5. The zero-order valence-electron chi connectivity index (χ0n) is 50.6. The standard InChI is InChI=1S/C67H118O12/c1-4-7-10-13-16-19-22-25-27-29-30-32-33-36-38-41-44-47-50-53-59(68)75-56-58(77-60(69)54-51-48-45-42-40-37-34-31-28-26-23-20-17-14-11-8-5-2)57-76-67-65(63(72)62(71)64(79-67)66(73)74)78-61(70)55-52-49-46-43-39-35-24-21-18-15-12-9-6-3/h16,19,25-28,30,32,58,62-65,67,71-72H,4-15,17-18,20-24,29,31,33-57H2,1-3H3,(H,73,74)/b19-16-,27-25-,28-26-,32-30-. The van der Waals surface area contributed by atoms with Crippen LogP contribution in [-0.4, -0.2) is 89.2 Å². The number of aliphatic hydroxyl groups is 2. The fourth-order valence-electron chi connectivity index (χ4n) is 9.84. The van der Waals surface area contributed by atoms with E-state index in [-0.39, 0.29) is 25.9 Å². The molecule has 0 aliphatic carbocycles. The predicted molar refractivity (Wildman–Crippen MR) is 322 cm³/mol. The predicted octanol–water partition coefficient (Wildman–Crippen LogP) is 17.3. The molecule has 12 nitrogen and oxygen atoms in total.